The highest BCUT2D eigenvalue weighted by molar-refractivity contribution is 7.89. The molecule has 112 valence electrons. The highest BCUT2D eigenvalue weighted by Crippen LogP contribution is 2.27. The first-order valence-electron chi connectivity index (χ1n) is 6.80. The second kappa shape index (κ2) is 5.79. The monoisotopic (exact) mass is 300 g/mol. The number of rotatable bonds is 4. The van der Waals surface area contributed by atoms with Crippen LogP contribution in [0.25, 0.3) is 0 Å². The summed E-state index contributed by atoms with van der Waals surface area (Å²) in [5.41, 5.74) is 0.120. The fourth-order valence-electron chi connectivity index (χ4n) is 2.43. The molecule has 0 aliphatic carbocycles. The Balaban J connectivity index is 2.13. The van der Waals surface area contributed by atoms with Gasteiger partial charge in [-0.05, 0) is 50.4 Å². The molecule has 2 rings (SSSR count). The maximum atomic E-state index is 13.5. The minimum Gasteiger partial charge on any atom is -0.317 e. The molecule has 2 N–H and O–H groups in total. The van der Waals surface area contributed by atoms with Crippen LogP contribution in [-0.2, 0) is 10.0 Å². The molecule has 0 atom stereocenters. The van der Waals surface area contributed by atoms with E-state index in [2.05, 4.69) is 17.0 Å². The first kappa shape index (κ1) is 15.4. The molecule has 0 spiro atoms. The molecule has 1 aromatic carbocycles. The van der Waals surface area contributed by atoms with Crippen molar-refractivity contribution in [2.24, 2.45) is 5.41 Å². The summed E-state index contributed by atoms with van der Waals surface area (Å²) in [6, 6.07) is 4.12. The van der Waals surface area contributed by atoms with Crippen LogP contribution < -0.4 is 10.0 Å². The predicted molar refractivity (Wildman–Crippen MR) is 76.5 cm³/mol. The van der Waals surface area contributed by atoms with Crippen LogP contribution in [0.3, 0.4) is 0 Å². The summed E-state index contributed by atoms with van der Waals surface area (Å²) in [5, 5.41) is 3.26. The van der Waals surface area contributed by atoms with Crippen molar-refractivity contribution >= 4 is 10.0 Å². The molecular formula is C14H21FN2O2S. The number of benzene rings is 1. The Kier molecular flexibility index (Phi) is 4.46. The summed E-state index contributed by atoms with van der Waals surface area (Å²) >= 11 is 0. The van der Waals surface area contributed by atoms with Crippen molar-refractivity contribution in [2.75, 3.05) is 19.6 Å². The zero-order valence-electron chi connectivity index (χ0n) is 11.9. The zero-order valence-corrected chi connectivity index (χ0v) is 12.7. The highest BCUT2D eigenvalue weighted by atomic mass is 32.2. The van der Waals surface area contributed by atoms with E-state index in [9.17, 15) is 12.8 Å². The van der Waals surface area contributed by atoms with E-state index >= 15 is 0 Å². The van der Waals surface area contributed by atoms with E-state index in [1.165, 1.54) is 25.1 Å². The van der Waals surface area contributed by atoms with Gasteiger partial charge in [0.2, 0.25) is 10.0 Å². The Morgan fingerprint density at radius 3 is 2.65 bits per heavy atom. The quantitative estimate of drug-likeness (QED) is 0.891. The van der Waals surface area contributed by atoms with Gasteiger partial charge in [-0.25, -0.2) is 17.5 Å². The molecule has 0 aromatic heterocycles. The van der Waals surface area contributed by atoms with Crippen LogP contribution in [0.15, 0.2) is 23.1 Å². The van der Waals surface area contributed by atoms with Gasteiger partial charge in [0.15, 0.2) is 0 Å². The maximum absolute atomic E-state index is 13.5. The Morgan fingerprint density at radius 1 is 1.35 bits per heavy atom. The molecule has 1 fully saturated rings. The van der Waals surface area contributed by atoms with E-state index in [1.807, 2.05) is 0 Å². The van der Waals surface area contributed by atoms with Crippen molar-refractivity contribution < 1.29 is 12.8 Å². The SMILES string of the molecule is Cc1c(F)cccc1S(=O)(=O)NCC1(C)CCNCC1. The van der Waals surface area contributed by atoms with Crippen LogP contribution >= 0.6 is 0 Å². The summed E-state index contributed by atoms with van der Waals surface area (Å²) in [7, 11) is -3.66. The molecule has 1 aliphatic heterocycles. The number of sulfonamides is 1. The van der Waals surface area contributed by atoms with Crippen molar-refractivity contribution in [3.05, 3.63) is 29.6 Å². The summed E-state index contributed by atoms with van der Waals surface area (Å²) in [5.74, 6) is -0.499. The van der Waals surface area contributed by atoms with Gasteiger partial charge in [-0.1, -0.05) is 13.0 Å². The lowest BCUT2D eigenvalue weighted by Gasteiger charge is -2.34. The van der Waals surface area contributed by atoms with Gasteiger partial charge >= 0.3 is 0 Å². The molecule has 20 heavy (non-hydrogen) atoms. The highest BCUT2D eigenvalue weighted by Gasteiger charge is 2.29. The van der Waals surface area contributed by atoms with E-state index in [0.29, 0.717) is 6.54 Å². The molecule has 0 unspecified atom stereocenters. The number of piperidine rings is 1. The second-order valence-electron chi connectivity index (χ2n) is 5.75. The summed E-state index contributed by atoms with van der Waals surface area (Å²) in [4.78, 5) is 0.0232. The maximum Gasteiger partial charge on any atom is 0.240 e. The van der Waals surface area contributed by atoms with E-state index in [0.717, 1.165) is 25.9 Å². The zero-order chi connectivity index (χ0) is 14.8. The molecule has 1 heterocycles. The smallest absolute Gasteiger partial charge is 0.240 e. The Hall–Kier alpha value is -0.980. The Morgan fingerprint density at radius 2 is 2.00 bits per heavy atom. The lowest BCUT2D eigenvalue weighted by molar-refractivity contribution is 0.232. The van der Waals surface area contributed by atoms with Crippen LogP contribution in [0.2, 0.25) is 0 Å². The fraction of sp³-hybridized carbons (Fsp3) is 0.571. The minimum atomic E-state index is -3.66. The molecule has 4 nitrogen and oxygen atoms in total. The van der Waals surface area contributed by atoms with Gasteiger partial charge in [-0.2, -0.15) is 0 Å². The van der Waals surface area contributed by atoms with Gasteiger partial charge in [0.25, 0.3) is 0 Å². The van der Waals surface area contributed by atoms with Gasteiger partial charge in [0, 0.05) is 12.1 Å². The van der Waals surface area contributed by atoms with Gasteiger partial charge in [0.05, 0.1) is 4.90 Å². The molecule has 0 saturated carbocycles. The van der Waals surface area contributed by atoms with Crippen LogP contribution in [0, 0.1) is 18.2 Å². The molecule has 1 saturated heterocycles. The van der Waals surface area contributed by atoms with Crippen molar-refractivity contribution in [1.82, 2.24) is 10.0 Å². The average molecular weight is 300 g/mol. The average Bonchev–Trinajstić information content (AvgIpc) is 2.41. The largest absolute Gasteiger partial charge is 0.317 e. The van der Waals surface area contributed by atoms with Gasteiger partial charge < -0.3 is 5.32 Å². The van der Waals surface area contributed by atoms with Crippen molar-refractivity contribution in [1.29, 1.82) is 0 Å². The molecular weight excluding hydrogens is 279 g/mol. The van der Waals surface area contributed by atoms with Crippen molar-refractivity contribution in [3.8, 4) is 0 Å². The molecule has 0 bridgehead atoms. The van der Waals surface area contributed by atoms with Gasteiger partial charge in [-0.3, -0.25) is 0 Å². The topological polar surface area (TPSA) is 58.2 Å². The van der Waals surface area contributed by atoms with E-state index in [1.54, 1.807) is 0 Å². The van der Waals surface area contributed by atoms with Crippen LogP contribution in [0.5, 0.6) is 0 Å². The van der Waals surface area contributed by atoms with Crippen LogP contribution in [0.4, 0.5) is 4.39 Å². The standard InChI is InChI=1S/C14H21FN2O2S/c1-11-12(15)4-3-5-13(11)20(18,19)17-10-14(2)6-8-16-9-7-14/h3-5,16-17H,6-10H2,1-2H3. The number of hydrogen-bond donors (Lipinski definition) is 2. The third-order valence-electron chi connectivity index (χ3n) is 4.01. The summed E-state index contributed by atoms with van der Waals surface area (Å²) < 4.78 is 40.7. The Labute approximate surface area is 119 Å². The molecule has 1 aromatic rings. The molecule has 0 amide bonds. The third kappa shape index (κ3) is 3.37. The molecule has 1 aliphatic rings. The molecule has 0 radical (unpaired) electrons. The van der Waals surface area contributed by atoms with Crippen LogP contribution in [0.1, 0.15) is 25.3 Å². The van der Waals surface area contributed by atoms with E-state index < -0.39 is 15.8 Å². The summed E-state index contributed by atoms with van der Waals surface area (Å²) in [6.45, 7) is 5.74. The van der Waals surface area contributed by atoms with Crippen LogP contribution in [-0.4, -0.2) is 28.1 Å². The first-order valence-corrected chi connectivity index (χ1v) is 8.28. The van der Waals surface area contributed by atoms with Gasteiger partial charge in [0.1, 0.15) is 5.82 Å². The first-order chi connectivity index (χ1) is 9.34. The van der Waals surface area contributed by atoms with Gasteiger partial charge in [-0.15, -0.1) is 0 Å². The number of halogens is 1. The lowest BCUT2D eigenvalue weighted by atomic mass is 9.81. The third-order valence-corrected chi connectivity index (χ3v) is 5.55. The minimum absolute atomic E-state index is 0.0232. The second-order valence-corrected chi connectivity index (χ2v) is 7.48. The predicted octanol–water partition coefficient (Wildman–Crippen LogP) is 1.80. The van der Waals surface area contributed by atoms with Crippen molar-refractivity contribution in [3.63, 3.8) is 0 Å². The van der Waals surface area contributed by atoms with E-state index in [4.69, 9.17) is 0 Å². The van der Waals surface area contributed by atoms with Crippen molar-refractivity contribution in [2.45, 2.75) is 31.6 Å². The number of nitrogens with one attached hydrogen (secondary N) is 2. The number of hydrogen-bond acceptors (Lipinski definition) is 3. The Bertz CT molecular complexity index is 581. The summed E-state index contributed by atoms with van der Waals surface area (Å²) in [6.07, 6.45) is 1.86. The normalized spacial score (nSPS) is 18.9. The lowest BCUT2D eigenvalue weighted by Crippen LogP contribution is -2.43. The molecule has 6 heteroatoms. The van der Waals surface area contributed by atoms with E-state index in [-0.39, 0.29) is 15.9 Å². The fourth-order valence-corrected chi connectivity index (χ4v) is 3.89.